The van der Waals surface area contributed by atoms with Gasteiger partial charge in [0.1, 0.15) is 5.82 Å². The molecule has 2 saturated carbocycles. The number of carbonyl (C=O) groups excluding carboxylic acids is 1. The summed E-state index contributed by atoms with van der Waals surface area (Å²) in [5.74, 6) is 0.840. The van der Waals surface area contributed by atoms with E-state index in [1.54, 1.807) is 6.07 Å². The molecule has 30 heavy (non-hydrogen) atoms. The van der Waals surface area contributed by atoms with Crippen LogP contribution in [-0.4, -0.2) is 44.4 Å². The molecule has 2 amide bonds. The second kappa shape index (κ2) is 8.52. The minimum atomic E-state index is -1.05. The maximum Gasteiger partial charge on any atom is 0.404 e. The molecule has 2 fully saturated rings. The van der Waals surface area contributed by atoms with Gasteiger partial charge >= 0.3 is 6.09 Å². The van der Waals surface area contributed by atoms with Crippen molar-refractivity contribution in [3.8, 4) is 0 Å². The van der Waals surface area contributed by atoms with Crippen LogP contribution in [0.1, 0.15) is 60.6 Å². The predicted octanol–water partition coefficient (Wildman–Crippen LogP) is 2.58. The molecule has 0 aromatic carbocycles. The Labute approximate surface area is 173 Å². The fourth-order valence-corrected chi connectivity index (χ4v) is 3.83. The maximum absolute atomic E-state index is 11.8. The molecule has 0 radical (unpaired) electrons. The summed E-state index contributed by atoms with van der Waals surface area (Å²) >= 11 is 0. The van der Waals surface area contributed by atoms with Crippen molar-refractivity contribution in [2.75, 3.05) is 10.6 Å². The lowest BCUT2D eigenvalue weighted by Gasteiger charge is -2.32. The summed E-state index contributed by atoms with van der Waals surface area (Å²) in [5, 5.41) is 26.1. The Bertz CT molecular complexity index is 948. The van der Waals surface area contributed by atoms with Gasteiger partial charge in [0.05, 0.1) is 11.7 Å². The molecule has 10 nitrogen and oxygen atoms in total. The first-order valence-corrected chi connectivity index (χ1v) is 10.2. The van der Waals surface area contributed by atoms with Gasteiger partial charge in [-0.1, -0.05) is 18.9 Å². The van der Waals surface area contributed by atoms with Crippen LogP contribution in [0.25, 0.3) is 0 Å². The lowest BCUT2D eigenvalue weighted by molar-refractivity contribution is 0.0995. The molecule has 158 valence electrons. The van der Waals surface area contributed by atoms with Crippen molar-refractivity contribution in [2.24, 2.45) is 5.73 Å². The minimum absolute atomic E-state index is 0.0167. The van der Waals surface area contributed by atoms with E-state index >= 15 is 0 Å². The summed E-state index contributed by atoms with van der Waals surface area (Å²) in [6.45, 7) is 0. The van der Waals surface area contributed by atoms with Gasteiger partial charge in [-0.2, -0.15) is 0 Å². The molecule has 0 aliphatic heterocycles. The number of pyridine rings is 1. The molecule has 2 aliphatic rings. The molecule has 4 rings (SSSR count). The molecule has 0 spiro atoms. The molecule has 2 aromatic heterocycles. The molecule has 6 N–H and O–H groups in total. The Hall–Kier alpha value is -3.43. The number of hydrogen-bond donors (Lipinski definition) is 5. The van der Waals surface area contributed by atoms with Crippen LogP contribution in [0, 0.1) is 0 Å². The smallest absolute Gasteiger partial charge is 0.404 e. The maximum atomic E-state index is 11.8. The fraction of sp³-hybridized carbons (Fsp3) is 0.450. The number of nitrogens with two attached hydrogens (primary N) is 1. The van der Waals surface area contributed by atoms with E-state index in [1.807, 2.05) is 18.2 Å². The van der Waals surface area contributed by atoms with Gasteiger partial charge in [-0.05, 0) is 37.8 Å². The van der Waals surface area contributed by atoms with Crippen LogP contribution < -0.4 is 21.7 Å². The van der Waals surface area contributed by atoms with Crippen molar-refractivity contribution in [2.45, 2.75) is 56.5 Å². The zero-order valence-electron chi connectivity index (χ0n) is 16.5. The Balaban J connectivity index is 1.55. The van der Waals surface area contributed by atoms with E-state index in [1.165, 1.54) is 0 Å². The summed E-state index contributed by atoms with van der Waals surface area (Å²) in [7, 11) is 0. The lowest BCUT2D eigenvalue weighted by Crippen LogP contribution is -2.48. The fourth-order valence-electron chi connectivity index (χ4n) is 3.83. The molecule has 0 saturated heterocycles. The third-order valence-electron chi connectivity index (χ3n) is 5.46. The van der Waals surface area contributed by atoms with E-state index in [-0.39, 0.29) is 17.8 Å². The van der Waals surface area contributed by atoms with Crippen molar-refractivity contribution in [3.63, 3.8) is 0 Å². The second-order valence-electron chi connectivity index (χ2n) is 7.79. The number of aromatic nitrogens is 3. The summed E-state index contributed by atoms with van der Waals surface area (Å²) in [5.41, 5.74) is 6.91. The number of nitrogens with zero attached hydrogens (tertiary/aromatic N) is 3. The van der Waals surface area contributed by atoms with Gasteiger partial charge in [0, 0.05) is 23.7 Å². The molecule has 10 heteroatoms. The van der Waals surface area contributed by atoms with E-state index in [2.05, 4.69) is 31.1 Å². The first-order valence-electron chi connectivity index (χ1n) is 10.2. The average Bonchev–Trinajstić information content (AvgIpc) is 3.55. The van der Waals surface area contributed by atoms with E-state index in [9.17, 15) is 9.59 Å². The highest BCUT2D eigenvalue weighted by Gasteiger charge is 2.27. The molecule has 2 heterocycles. The van der Waals surface area contributed by atoms with Crippen LogP contribution >= 0.6 is 0 Å². The zero-order chi connectivity index (χ0) is 21.1. The number of amides is 2. The Morgan fingerprint density at radius 3 is 2.50 bits per heavy atom. The SMILES string of the molecule is NC(=O)c1nnc(NC2CCCCC2NC(=O)O)cc1Nc1cccc(C2CC2)n1. The Kier molecular flexibility index (Phi) is 5.64. The topological polar surface area (TPSA) is 155 Å². The van der Waals surface area contributed by atoms with Gasteiger partial charge in [0.15, 0.2) is 11.5 Å². The normalized spacial score (nSPS) is 20.9. The van der Waals surface area contributed by atoms with Gasteiger partial charge in [-0.15, -0.1) is 10.2 Å². The highest BCUT2D eigenvalue weighted by atomic mass is 16.4. The van der Waals surface area contributed by atoms with E-state index < -0.39 is 12.0 Å². The molecule has 2 aliphatic carbocycles. The lowest BCUT2D eigenvalue weighted by atomic mass is 9.90. The molecular formula is C20H25N7O3. The van der Waals surface area contributed by atoms with Crippen molar-refractivity contribution >= 4 is 29.3 Å². The largest absolute Gasteiger partial charge is 0.465 e. The van der Waals surface area contributed by atoms with Crippen LogP contribution in [-0.2, 0) is 0 Å². The summed E-state index contributed by atoms with van der Waals surface area (Å²) in [6.07, 6.45) is 4.74. The predicted molar refractivity (Wildman–Crippen MR) is 111 cm³/mol. The van der Waals surface area contributed by atoms with Crippen molar-refractivity contribution in [3.05, 3.63) is 35.7 Å². The average molecular weight is 411 g/mol. The first-order chi connectivity index (χ1) is 14.5. The Morgan fingerprint density at radius 1 is 1.03 bits per heavy atom. The Morgan fingerprint density at radius 2 is 1.80 bits per heavy atom. The number of rotatable bonds is 7. The summed E-state index contributed by atoms with van der Waals surface area (Å²) in [6, 6.07) is 7.05. The van der Waals surface area contributed by atoms with Crippen LogP contribution in [0.15, 0.2) is 24.3 Å². The van der Waals surface area contributed by atoms with Crippen LogP contribution in [0.4, 0.5) is 22.1 Å². The summed E-state index contributed by atoms with van der Waals surface area (Å²) in [4.78, 5) is 27.5. The molecule has 2 unspecified atom stereocenters. The highest BCUT2D eigenvalue weighted by Crippen LogP contribution is 2.39. The molecule has 0 bridgehead atoms. The van der Waals surface area contributed by atoms with E-state index in [0.29, 0.717) is 23.2 Å². The minimum Gasteiger partial charge on any atom is -0.465 e. The van der Waals surface area contributed by atoms with Gasteiger partial charge in [-0.25, -0.2) is 9.78 Å². The highest BCUT2D eigenvalue weighted by molar-refractivity contribution is 5.97. The zero-order valence-corrected chi connectivity index (χ0v) is 16.5. The number of carbonyl (C=O) groups is 2. The molecule has 2 aromatic rings. The van der Waals surface area contributed by atoms with Crippen LogP contribution in [0.5, 0.6) is 0 Å². The van der Waals surface area contributed by atoms with Crippen molar-refractivity contribution in [1.82, 2.24) is 20.5 Å². The number of primary amides is 1. The third kappa shape index (κ3) is 4.76. The van der Waals surface area contributed by atoms with Gasteiger partial charge in [0.2, 0.25) is 0 Å². The quantitative estimate of drug-likeness (QED) is 0.465. The number of anilines is 3. The number of hydrogen-bond acceptors (Lipinski definition) is 7. The van der Waals surface area contributed by atoms with Gasteiger partial charge < -0.3 is 26.8 Å². The van der Waals surface area contributed by atoms with Crippen molar-refractivity contribution < 1.29 is 14.7 Å². The van der Waals surface area contributed by atoms with Gasteiger partial charge in [-0.3, -0.25) is 4.79 Å². The number of carboxylic acid groups (broad SMARTS) is 1. The third-order valence-corrected chi connectivity index (χ3v) is 5.46. The summed E-state index contributed by atoms with van der Waals surface area (Å²) < 4.78 is 0. The van der Waals surface area contributed by atoms with E-state index in [0.717, 1.165) is 44.2 Å². The second-order valence-corrected chi connectivity index (χ2v) is 7.79. The van der Waals surface area contributed by atoms with Crippen LogP contribution in [0.2, 0.25) is 0 Å². The van der Waals surface area contributed by atoms with Gasteiger partial charge in [0.25, 0.3) is 5.91 Å². The number of nitrogens with one attached hydrogen (secondary N) is 3. The standard InChI is InChI=1S/C20H25N7O3/c21-19(28)18-15(24-16-7-3-6-12(22-16)11-8-9-11)10-17(26-27-18)23-13-4-1-2-5-14(13)25-20(29)30/h3,6-7,10-11,13-14,25H,1-2,4-5,8-9H2,(H2,21,28)(H,29,30)(H2,22,23,24,26). The molecular weight excluding hydrogens is 386 g/mol. The molecule has 2 atom stereocenters. The van der Waals surface area contributed by atoms with Crippen molar-refractivity contribution in [1.29, 1.82) is 0 Å². The van der Waals surface area contributed by atoms with Crippen LogP contribution in [0.3, 0.4) is 0 Å². The monoisotopic (exact) mass is 411 g/mol. The first kappa shape index (κ1) is 19.9. The van der Waals surface area contributed by atoms with E-state index in [4.69, 9.17) is 10.8 Å².